The van der Waals surface area contributed by atoms with Gasteiger partial charge < -0.3 is 14.5 Å². The SMILES string of the molecule is COc1ccc(Cl)c(S(=O)(=O)c2ccc(CNC(=O)c3ccc4nccn4c3)cc2)c1. The molecule has 0 saturated heterocycles. The van der Waals surface area contributed by atoms with E-state index in [0.717, 1.165) is 11.2 Å². The van der Waals surface area contributed by atoms with Gasteiger partial charge >= 0.3 is 0 Å². The zero-order chi connectivity index (χ0) is 22.0. The number of imidazole rings is 1. The molecule has 2 aromatic heterocycles. The molecule has 0 unspecified atom stereocenters. The first-order chi connectivity index (χ1) is 14.9. The standard InChI is InChI=1S/C22H18ClN3O4S/c1-30-17-5-8-19(23)20(12-17)31(28,29)18-6-2-15(3-7-18)13-25-22(27)16-4-9-21-24-10-11-26(21)14-16/h2-12,14H,13H2,1H3,(H,25,27). The van der Waals surface area contributed by atoms with Crippen molar-refractivity contribution in [3.8, 4) is 5.75 Å². The Balaban J connectivity index is 1.48. The quantitative estimate of drug-likeness (QED) is 0.478. The Morgan fingerprint density at radius 1 is 1.13 bits per heavy atom. The zero-order valence-electron chi connectivity index (χ0n) is 16.4. The van der Waals surface area contributed by atoms with Crippen molar-refractivity contribution in [3.63, 3.8) is 0 Å². The van der Waals surface area contributed by atoms with Gasteiger partial charge in [0.05, 0.1) is 27.5 Å². The summed E-state index contributed by atoms with van der Waals surface area (Å²) >= 11 is 6.10. The molecule has 4 aromatic rings. The van der Waals surface area contributed by atoms with Crippen LogP contribution in [0.15, 0.2) is 83.0 Å². The predicted molar refractivity (Wildman–Crippen MR) is 116 cm³/mol. The summed E-state index contributed by atoms with van der Waals surface area (Å²) < 4.78 is 32.8. The van der Waals surface area contributed by atoms with E-state index >= 15 is 0 Å². The number of sulfone groups is 1. The predicted octanol–water partition coefficient (Wildman–Crippen LogP) is 3.76. The Morgan fingerprint density at radius 2 is 1.90 bits per heavy atom. The third-order valence-electron chi connectivity index (χ3n) is 4.77. The van der Waals surface area contributed by atoms with Crippen LogP contribution in [-0.2, 0) is 16.4 Å². The number of halogens is 1. The second-order valence-electron chi connectivity index (χ2n) is 6.74. The molecule has 9 heteroatoms. The highest BCUT2D eigenvalue weighted by atomic mass is 35.5. The molecule has 0 bridgehead atoms. The Morgan fingerprint density at radius 3 is 2.65 bits per heavy atom. The molecule has 158 valence electrons. The molecular formula is C22H18ClN3O4S. The molecule has 0 aliphatic heterocycles. The molecule has 4 rings (SSSR count). The van der Waals surface area contributed by atoms with Gasteiger partial charge in [0.1, 0.15) is 11.4 Å². The molecule has 2 aromatic carbocycles. The van der Waals surface area contributed by atoms with Crippen LogP contribution < -0.4 is 10.1 Å². The third kappa shape index (κ3) is 4.26. The lowest BCUT2D eigenvalue weighted by Crippen LogP contribution is -2.23. The summed E-state index contributed by atoms with van der Waals surface area (Å²) in [5.74, 6) is 0.159. The molecule has 0 fully saturated rings. The molecule has 7 nitrogen and oxygen atoms in total. The van der Waals surface area contributed by atoms with E-state index in [1.165, 1.54) is 31.4 Å². The lowest BCUT2D eigenvalue weighted by Gasteiger charge is -2.10. The first-order valence-electron chi connectivity index (χ1n) is 9.27. The minimum Gasteiger partial charge on any atom is -0.497 e. The van der Waals surface area contributed by atoms with E-state index < -0.39 is 9.84 Å². The first-order valence-corrected chi connectivity index (χ1v) is 11.1. The van der Waals surface area contributed by atoms with Crippen LogP contribution in [0.5, 0.6) is 5.75 Å². The molecule has 0 saturated carbocycles. The van der Waals surface area contributed by atoms with Crippen LogP contribution >= 0.6 is 11.6 Å². The summed E-state index contributed by atoms with van der Waals surface area (Å²) in [4.78, 5) is 16.6. The number of ether oxygens (including phenoxy) is 1. The van der Waals surface area contributed by atoms with Gasteiger partial charge in [-0.25, -0.2) is 13.4 Å². The molecule has 1 amide bonds. The number of methoxy groups -OCH3 is 1. The van der Waals surface area contributed by atoms with Gasteiger partial charge in [0.15, 0.2) is 0 Å². The molecule has 2 heterocycles. The number of nitrogens with zero attached hydrogens (tertiary/aromatic N) is 2. The maximum atomic E-state index is 13.0. The number of rotatable bonds is 6. The van der Waals surface area contributed by atoms with Crippen molar-refractivity contribution in [3.05, 3.63) is 89.3 Å². The number of carbonyl (C=O) groups excluding carboxylic acids is 1. The second-order valence-corrected chi connectivity index (χ2v) is 9.06. The summed E-state index contributed by atoms with van der Waals surface area (Å²) in [5, 5.41) is 2.94. The van der Waals surface area contributed by atoms with E-state index in [4.69, 9.17) is 16.3 Å². The van der Waals surface area contributed by atoms with Gasteiger partial charge in [0.25, 0.3) is 5.91 Å². The first kappa shape index (κ1) is 20.9. The van der Waals surface area contributed by atoms with Crippen LogP contribution in [-0.4, -0.2) is 30.8 Å². The Labute approximate surface area is 184 Å². The van der Waals surface area contributed by atoms with Gasteiger partial charge in [-0.05, 0) is 42.0 Å². The molecule has 1 N–H and O–H groups in total. The smallest absolute Gasteiger partial charge is 0.253 e. The Hall–Kier alpha value is -3.36. The highest BCUT2D eigenvalue weighted by Gasteiger charge is 2.21. The summed E-state index contributed by atoms with van der Waals surface area (Å²) in [6.45, 7) is 0.251. The Kier molecular flexibility index (Phi) is 5.67. The van der Waals surface area contributed by atoms with Crippen LogP contribution in [0.1, 0.15) is 15.9 Å². The zero-order valence-corrected chi connectivity index (χ0v) is 18.0. The molecule has 31 heavy (non-hydrogen) atoms. The average Bonchev–Trinajstić information content (AvgIpc) is 3.26. The van der Waals surface area contributed by atoms with Crippen molar-refractivity contribution in [2.24, 2.45) is 0 Å². The number of carbonyl (C=O) groups is 1. The van der Waals surface area contributed by atoms with E-state index in [-0.39, 0.29) is 27.3 Å². The van der Waals surface area contributed by atoms with E-state index in [1.807, 2.05) is 0 Å². The van der Waals surface area contributed by atoms with Gasteiger partial charge in [-0.3, -0.25) is 4.79 Å². The van der Waals surface area contributed by atoms with Gasteiger partial charge in [0.2, 0.25) is 9.84 Å². The third-order valence-corrected chi connectivity index (χ3v) is 7.02. The second kappa shape index (κ2) is 8.41. The fourth-order valence-electron chi connectivity index (χ4n) is 3.07. The van der Waals surface area contributed by atoms with Gasteiger partial charge in [0, 0.05) is 31.2 Å². The van der Waals surface area contributed by atoms with Crippen molar-refractivity contribution >= 4 is 33.0 Å². The lowest BCUT2D eigenvalue weighted by molar-refractivity contribution is 0.0950. The fraction of sp³-hybridized carbons (Fsp3) is 0.0909. The maximum absolute atomic E-state index is 13.0. The normalized spacial score (nSPS) is 11.4. The van der Waals surface area contributed by atoms with Crippen molar-refractivity contribution in [1.82, 2.24) is 14.7 Å². The van der Waals surface area contributed by atoms with E-state index in [1.54, 1.807) is 53.3 Å². The minimum atomic E-state index is -3.82. The lowest BCUT2D eigenvalue weighted by atomic mass is 10.2. The topological polar surface area (TPSA) is 89.8 Å². The monoisotopic (exact) mass is 455 g/mol. The van der Waals surface area contributed by atoms with E-state index in [2.05, 4.69) is 10.3 Å². The molecular weight excluding hydrogens is 438 g/mol. The summed E-state index contributed by atoms with van der Waals surface area (Å²) in [7, 11) is -2.36. The number of amides is 1. The van der Waals surface area contributed by atoms with Crippen molar-refractivity contribution in [2.45, 2.75) is 16.3 Å². The maximum Gasteiger partial charge on any atom is 0.253 e. The molecule has 0 aliphatic carbocycles. The van der Waals surface area contributed by atoms with Crippen molar-refractivity contribution < 1.29 is 17.9 Å². The van der Waals surface area contributed by atoms with Gasteiger partial charge in [-0.1, -0.05) is 23.7 Å². The molecule has 0 spiro atoms. The van der Waals surface area contributed by atoms with Crippen LogP contribution in [0, 0.1) is 0 Å². The number of hydrogen-bond acceptors (Lipinski definition) is 5. The minimum absolute atomic E-state index is 0.0236. The van der Waals surface area contributed by atoms with Crippen molar-refractivity contribution in [1.29, 1.82) is 0 Å². The number of benzene rings is 2. The molecule has 0 atom stereocenters. The highest BCUT2D eigenvalue weighted by Crippen LogP contribution is 2.31. The van der Waals surface area contributed by atoms with Gasteiger partial charge in [-0.2, -0.15) is 0 Å². The number of hydrogen-bond donors (Lipinski definition) is 1. The fourth-order valence-corrected chi connectivity index (χ4v) is 4.84. The number of pyridine rings is 1. The number of fused-ring (bicyclic) bond motifs is 1. The largest absolute Gasteiger partial charge is 0.497 e. The molecule has 0 aliphatic rings. The number of nitrogens with one attached hydrogen (secondary N) is 1. The summed E-state index contributed by atoms with van der Waals surface area (Å²) in [6, 6.07) is 14.2. The Bertz CT molecular complexity index is 1370. The summed E-state index contributed by atoms with van der Waals surface area (Å²) in [5.41, 5.74) is 2.01. The summed E-state index contributed by atoms with van der Waals surface area (Å²) in [6.07, 6.45) is 5.12. The van der Waals surface area contributed by atoms with E-state index in [0.29, 0.717) is 11.3 Å². The molecule has 0 radical (unpaired) electrons. The van der Waals surface area contributed by atoms with Gasteiger partial charge in [-0.15, -0.1) is 0 Å². The number of aromatic nitrogens is 2. The average molecular weight is 456 g/mol. The van der Waals surface area contributed by atoms with Crippen LogP contribution in [0.25, 0.3) is 5.65 Å². The van der Waals surface area contributed by atoms with Crippen LogP contribution in [0.4, 0.5) is 0 Å². The van der Waals surface area contributed by atoms with E-state index in [9.17, 15) is 13.2 Å². The highest BCUT2D eigenvalue weighted by molar-refractivity contribution is 7.91. The van der Waals surface area contributed by atoms with Crippen LogP contribution in [0.3, 0.4) is 0 Å². The van der Waals surface area contributed by atoms with Crippen molar-refractivity contribution in [2.75, 3.05) is 7.11 Å². The van der Waals surface area contributed by atoms with Crippen LogP contribution in [0.2, 0.25) is 5.02 Å².